The Morgan fingerprint density at radius 2 is 1.06 bits per heavy atom. The van der Waals surface area contributed by atoms with Crippen LogP contribution in [0.4, 0.5) is 0 Å². The first-order valence-corrected chi connectivity index (χ1v) is 16.8. The lowest BCUT2D eigenvalue weighted by molar-refractivity contribution is 0.670. The van der Waals surface area contributed by atoms with Crippen molar-refractivity contribution in [3.8, 4) is 22.5 Å². The molecule has 0 aliphatic carbocycles. The van der Waals surface area contributed by atoms with Crippen LogP contribution < -0.4 is 0 Å². The zero-order valence-electron chi connectivity index (χ0n) is 26.5. The number of para-hydroxylation sites is 4. The molecule has 0 atom stereocenters. The van der Waals surface area contributed by atoms with Gasteiger partial charge < -0.3 is 13.6 Å². The van der Waals surface area contributed by atoms with Gasteiger partial charge in [0.2, 0.25) is 0 Å². The normalized spacial score (nSPS) is 12.1. The SMILES string of the molecule is c1ccc(-n2c3cc4c(cc3c3c5ccccc5ccc32)c2ccccc2n4-c2cccc(-c3cccc4c3oc3ccccc34)c2)cc1. The molecule has 0 fully saturated rings. The molecule has 3 heteroatoms. The standard InChI is InChI=1S/C46H28N2O/c1-2-14-31(15-3-1)47-41-25-24-29-12-4-5-17-33(29)45(41)39-27-38-35-18-6-8-22-40(35)48(42(38)28-43(39)47)32-16-10-13-30(26-32)34-20-11-21-37-36-19-7-9-23-44(36)49-46(34)37/h1-28H. The lowest BCUT2D eigenvalue weighted by atomic mass is 10.0. The molecule has 0 amide bonds. The van der Waals surface area contributed by atoms with Crippen LogP contribution in [-0.2, 0) is 0 Å². The van der Waals surface area contributed by atoms with E-state index < -0.39 is 0 Å². The topological polar surface area (TPSA) is 23.0 Å². The lowest BCUT2D eigenvalue weighted by Crippen LogP contribution is -1.96. The van der Waals surface area contributed by atoms with Crippen LogP contribution in [0.15, 0.2) is 174 Å². The third kappa shape index (κ3) is 3.73. The van der Waals surface area contributed by atoms with Gasteiger partial charge in [-0.25, -0.2) is 0 Å². The molecule has 0 spiro atoms. The van der Waals surface area contributed by atoms with E-state index >= 15 is 0 Å². The lowest BCUT2D eigenvalue weighted by Gasteiger charge is -2.12. The smallest absolute Gasteiger partial charge is 0.143 e. The molecule has 11 rings (SSSR count). The Labute approximate surface area is 281 Å². The van der Waals surface area contributed by atoms with Gasteiger partial charge in [0.25, 0.3) is 0 Å². The number of rotatable bonds is 3. The minimum atomic E-state index is 0.911. The van der Waals surface area contributed by atoms with Gasteiger partial charge in [0.1, 0.15) is 11.2 Å². The van der Waals surface area contributed by atoms with Crippen molar-refractivity contribution in [3.05, 3.63) is 170 Å². The van der Waals surface area contributed by atoms with Crippen molar-refractivity contribution in [2.24, 2.45) is 0 Å². The summed E-state index contributed by atoms with van der Waals surface area (Å²) in [6.45, 7) is 0. The Balaban J connectivity index is 1.23. The highest BCUT2D eigenvalue weighted by Crippen LogP contribution is 2.42. The average molecular weight is 625 g/mol. The molecule has 0 N–H and O–H groups in total. The van der Waals surface area contributed by atoms with Gasteiger partial charge in [-0.3, -0.25) is 0 Å². The van der Waals surface area contributed by atoms with Crippen LogP contribution in [0.3, 0.4) is 0 Å². The van der Waals surface area contributed by atoms with E-state index in [1.165, 1.54) is 54.4 Å². The summed E-state index contributed by atoms with van der Waals surface area (Å²) in [7, 11) is 0. The van der Waals surface area contributed by atoms with Crippen LogP contribution in [0.25, 0.3) is 98.8 Å². The van der Waals surface area contributed by atoms with Crippen molar-refractivity contribution in [2.75, 3.05) is 0 Å². The molecule has 3 heterocycles. The Morgan fingerprint density at radius 3 is 1.98 bits per heavy atom. The second kappa shape index (κ2) is 9.96. The first-order valence-electron chi connectivity index (χ1n) is 16.8. The number of furan rings is 1. The summed E-state index contributed by atoms with van der Waals surface area (Å²) in [5.41, 5.74) is 11.1. The van der Waals surface area contributed by atoms with Gasteiger partial charge in [0.15, 0.2) is 0 Å². The highest BCUT2D eigenvalue weighted by atomic mass is 16.3. The molecule has 0 aliphatic heterocycles. The molecule has 0 unspecified atom stereocenters. The maximum Gasteiger partial charge on any atom is 0.143 e. The highest BCUT2D eigenvalue weighted by Gasteiger charge is 2.20. The fraction of sp³-hybridized carbons (Fsp3) is 0. The molecule has 0 saturated heterocycles. The van der Waals surface area contributed by atoms with E-state index in [4.69, 9.17) is 4.42 Å². The first-order chi connectivity index (χ1) is 24.3. The van der Waals surface area contributed by atoms with Gasteiger partial charge in [-0.05, 0) is 70.9 Å². The molecule has 8 aromatic carbocycles. The van der Waals surface area contributed by atoms with Crippen molar-refractivity contribution in [1.82, 2.24) is 9.13 Å². The van der Waals surface area contributed by atoms with Gasteiger partial charge >= 0.3 is 0 Å². The molecular weight excluding hydrogens is 597 g/mol. The van der Waals surface area contributed by atoms with E-state index in [-0.39, 0.29) is 0 Å². The van der Waals surface area contributed by atoms with E-state index in [1.54, 1.807) is 0 Å². The highest BCUT2D eigenvalue weighted by molar-refractivity contribution is 6.25. The third-order valence-corrected chi connectivity index (χ3v) is 10.3. The molecule has 3 aromatic heterocycles. The molecule has 11 aromatic rings. The number of benzene rings is 8. The molecule has 0 saturated carbocycles. The van der Waals surface area contributed by atoms with Gasteiger partial charge in [-0.15, -0.1) is 0 Å². The minimum absolute atomic E-state index is 0.911. The van der Waals surface area contributed by atoms with Crippen LogP contribution in [-0.4, -0.2) is 9.13 Å². The number of fused-ring (bicyclic) bond motifs is 11. The summed E-state index contributed by atoms with van der Waals surface area (Å²) in [4.78, 5) is 0. The molecule has 228 valence electrons. The molecule has 49 heavy (non-hydrogen) atoms. The largest absolute Gasteiger partial charge is 0.455 e. The number of hydrogen-bond donors (Lipinski definition) is 0. The Morgan fingerprint density at radius 1 is 0.367 bits per heavy atom. The minimum Gasteiger partial charge on any atom is -0.455 e. The van der Waals surface area contributed by atoms with E-state index in [2.05, 4.69) is 167 Å². The van der Waals surface area contributed by atoms with E-state index in [0.29, 0.717) is 0 Å². The Hall–Kier alpha value is -6.58. The van der Waals surface area contributed by atoms with Gasteiger partial charge in [0.05, 0.1) is 22.1 Å². The van der Waals surface area contributed by atoms with E-state index in [0.717, 1.165) is 44.4 Å². The number of hydrogen-bond acceptors (Lipinski definition) is 1. The summed E-state index contributed by atoms with van der Waals surface area (Å²) >= 11 is 0. The summed E-state index contributed by atoms with van der Waals surface area (Å²) in [6.07, 6.45) is 0. The fourth-order valence-corrected chi connectivity index (χ4v) is 8.17. The van der Waals surface area contributed by atoms with Crippen molar-refractivity contribution in [3.63, 3.8) is 0 Å². The predicted octanol–water partition coefficient (Wildman–Crippen LogP) is 12.6. The van der Waals surface area contributed by atoms with Crippen molar-refractivity contribution < 1.29 is 4.42 Å². The molecule has 0 aliphatic rings. The average Bonchev–Trinajstić information content (AvgIpc) is 3.82. The monoisotopic (exact) mass is 624 g/mol. The maximum absolute atomic E-state index is 6.46. The van der Waals surface area contributed by atoms with Gasteiger partial charge in [0, 0.05) is 49.3 Å². The van der Waals surface area contributed by atoms with Gasteiger partial charge in [-0.2, -0.15) is 0 Å². The van der Waals surface area contributed by atoms with Crippen molar-refractivity contribution in [1.29, 1.82) is 0 Å². The van der Waals surface area contributed by atoms with Crippen LogP contribution in [0, 0.1) is 0 Å². The molecule has 0 radical (unpaired) electrons. The Kier molecular flexibility index (Phi) is 5.38. The van der Waals surface area contributed by atoms with Crippen molar-refractivity contribution in [2.45, 2.75) is 0 Å². The molecular formula is C46H28N2O. The van der Waals surface area contributed by atoms with Crippen LogP contribution in [0.1, 0.15) is 0 Å². The zero-order chi connectivity index (χ0) is 32.1. The molecule has 3 nitrogen and oxygen atoms in total. The molecule has 0 bridgehead atoms. The van der Waals surface area contributed by atoms with Crippen molar-refractivity contribution >= 4 is 76.3 Å². The maximum atomic E-state index is 6.46. The zero-order valence-corrected chi connectivity index (χ0v) is 26.5. The predicted molar refractivity (Wildman–Crippen MR) is 205 cm³/mol. The summed E-state index contributed by atoms with van der Waals surface area (Å²) in [5.74, 6) is 0. The Bertz CT molecular complexity index is 3100. The second-order valence-corrected chi connectivity index (χ2v) is 12.9. The van der Waals surface area contributed by atoms with Crippen LogP contribution in [0.5, 0.6) is 0 Å². The number of aromatic nitrogens is 2. The van der Waals surface area contributed by atoms with Crippen LogP contribution in [0.2, 0.25) is 0 Å². The first kappa shape index (κ1) is 26.5. The number of nitrogens with zero attached hydrogens (tertiary/aromatic N) is 2. The summed E-state index contributed by atoms with van der Waals surface area (Å²) < 4.78 is 11.3. The van der Waals surface area contributed by atoms with E-state index in [1.807, 2.05) is 12.1 Å². The van der Waals surface area contributed by atoms with Crippen LogP contribution >= 0.6 is 0 Å². The van der Waals surface area contributed by atoms with Gasteiger partial charge in [-0.1, -0.05) is 115 Å². The summed E-state index contributed by atoms with van der Waals surface area (Å²) in [5, 5.41) is 9.84. The quantitative estimate of drug-likeness (QED) is 0.192. The fourth-order valence-electron chi connectivity index (χ4n) is 8.17. The van der Waals surface area contributed by atoms with E-state index in [9.17, 15) is 0 Å². The summed E-state index contributed by atoms with van der Waals surface area (Å²) in [6, 6.07) is 61.3. The third-order valence-electron chi connectivity index (χ3n) is 10.3. The second-order valence-electron chi connectivity index (χ2n) is 12.9.